The van der Waals surface area contributed by atoms with E-state index < -0.39 is 12.8 Å². The molecule has 2 aromatic rings. The van der Waals surface area contributed by atoms with Crippen LogP contribution in [0.25, 0.3) is 0 Å². The summed E-state index contributed by atoms with van der Waals surface area (Å²) in [5.74, 6) is 0.809. The number of benzene rings is 2. The molecule has 0 fully saturated rings. The zero-order chi connectivity index (χ0) is 20.6. The SMILES string of the molecule is CN=C(NCc1ccc(OCC(F)(F)F)c(OC)c1)NCc1ccccc1Cl.I. The highest BCUT2D eigenvalue weighted by molar-refractivity contribution is 14.0. The van der Waals surface area contributed by atoms with Crippen molar-refractivity contribution in [1.82, 2.24) is 10.6 Å². The van der Waals surface area contributed by atoms with Crippen molar-refractivity contribution >= 4 is 41.5 Å². The van der Waals surface area contributed by atoms with E-state index in [0.717, 1.165) is 11.1 Å². The van der Waals surface area contributed by atoms with Crippen molar-refractivity contribution in [2.45, 2.75) is 19.3 Å². The first-order valence-corrected chi connectivity index (χ1v) is 8.74. The van der Waals surface area contributed by atoms with Crippen LogP contribution < -0.4 is 20.1 Å². The average Bonchev–Trinajstić information content (AvgIpc) is 2.67. The number of nitrogens with one attached hydrogen (secondary N) is 2. The molecule has 160 valence electrons. The third-order valence-corrected chi connectivity index (χ3v) is 4.08. The molecule has 0 radical (unpaired) electrons. The zero-order valence-electron chi connectivity index (χ0n) is 15.8. The maximum Gasteiger partial charge on any atom is 0.422 e. The molecule has 0 unspecified atom stereocenters. The fourth-order valence-electron chi connectivity index (χ4n) is 2.33. The molecule has 0 saturated carbocycles. The van der Waals surface area contributed by atoms with Crippen LogP contribution in [0, 0.1) is 0 Å². The first kappa shape index (κ1) is 25.2. The van der Waals surface area contributed by atoms with Crippen LogP contribution in [0.3, 0.4) is 0 Å². The largest absolute Gasteiger partial charge is 0.493 e. The predicted molar refractivity (Wildman–Crippen MR) is 118 cm³/mol. The molecule has 2 rings (SSSR count). The number of nitrogens with zero attached hydrogens (tertiary/aromatic N) is 1. The summed E-state index contributed by atoms with van der Waals surface area (Å²) in [5, 5.41) is 6.93. The minimum Gasteiger partial charge on any atom is -0.493 e. The number of aliphatic imine (C=N–C) groups is 1. The lowest BCUT2D eigenvalue weighted by atomic mass is 10.2. The van der Waals surface area contributed by atoms with Crippen molar-refractivity contribution in [3.8, 4) is 11.5 Å². The topological polar surface area (TPSA) is 54.9 Å². The normalized spacial score (nSPS) is 11.4. The quantitative estimate of drug-likeness (QED) is 0.300. The van der Waals surface area contributed by atoms with E-state index in [2.05, 4.69) is 15.6 Å². The molecule has 0 aliphatic rings. The van der Waals surface area contributed by atoms with Gasteiger partial charge in [0.25, 0.3) is 0 Å². The van der Waals surface area contributed by atoms with Crippen LogP contribution in [0.4, 0.5) is 13.2 Å². The third-order valence-electron chi connectivity index (χ3n) is 3.71. The summed E-state index contributed by atoms with van der Waals surface area (Å²) in [7, 11) is 3.01. The Morgan fingerprint density at radius 3 is 2.38 bits per heavy atom. The van der Waals surface area contributed by atoms with Crippen molar-refractivity contribution in [3.63, 3.8) is 0 Å². The highest BCUT2D eigenvalue weighted by Crippen LogP contribution is 2.29. The van der Waals surface area contributed by atoms with Crippen molar-refractivity contribution in [1.29, 1.82) is 0 Å². The number of halogens is 5. The van der Waals surface area contributed by atoms with Gasteiger partial charge in [0.15, 0.2) is 24.1 Å². The first-order chi connectivity index (χ1) is 13.3. The van der Waals surface area contributed by atoms with Gasteiger partial charge in [-0.25, -0.2) is 0 Å². The lowest BCUT2D eigenvalue weighted by molar-refractivity contribution is -0.153. The molecule has 0 bridgehead atoms. The molecule has 29 heavy (non-hydrogen) atoms. The van der Waals surface area contributed by atoms with E-state index in [-0.39, 0.29) is 35.5 Å². The van der Waals surface area contributed by atoms with Gasteiger partial charge >= 0.3 is 6.18 Å². The molecule has 0 aliphatic heterocycles. The number of methoxy groups -OCH3 is 1. The van der Waals surface area contributed by atoms with Crippen LogP contribution in [0.15, 0.2) is 47.5 Å². The van der Waals surface area contributed by atoms with E-state index >= 15 is 0 Å². The van der Waals surface area contributed by atoms with Gasteiger partial charge in [-0.05, 0) is 29.3 Å². The summed E-state index contributed by atoms with van der Waals surface area (Å²) in [6.45, 7) is -0.495. The van der Waals surface area contributed by atoms with E-state index in [1.807, 2.05) is 24.3 Å². The summed E-state index contributed by atoms with van der Waals surface area (Å²) in [4.78, 5) is 4.13. The molecule has 0 aliphatic carbocycles. The smallest absolute Gasteiger partial charge is 0.422 e. The summed E-state index contributed by atoms with van der Waals surface area (Å²) in [6, 6.07) is 12.2. The molecule has 2 aromatic carbocycles. The van der Waals surface area contributed by atoms with Crippen LogP contribution in [-0.4, -0.2) is 32.9 Å². The molecule has 0 heterocycles. The van der Waals surface area contributed by atoms with E-state index in [1.165, 1.54) is 13.2 Å². The molecular weight excluding hydrogens is 522 g/mol. The van der Waals surface area contributed by atoms with Gasteiger partial charge in [-0.15, -0.1) is 24.0 Å². The predicted octanol–water partition coefficient (Wildman–Crippen LogP) is 4.77. The number of hydrogen-bond acceptors (Lipinski definition) is 3. The fraction of sp³-hybridized carbons (Fsp3) is 0.316. The fourth-order valence-corrected chi connectivity index (χ4v) is 2.53. The molecular formula is C19H22ClF3IN3O2. The van der Waals surface area contributed by atoms with Crippen molar-refractivity contribution < 1.29 is 22.6 Å². The summed E-state index contributed by atoms with van der Waals surface area (Å²) < 4.78 is 46.9. The minimum atomic E-state index is -4.41. The van der Waals surface area contributed by atoms with Gasteiger partial charge in [0.2, 0.25) is 0 Å². The van der Waals surface area contributed by atoms with Gasteiger partial charge in [0, 0.05) is 25.2 Å². The van der Waals surface area contributed by atoms with Gasteiger partial charge in [-0.1, -0.05) is 35.9 Å². The van der Waals surface area contributed by atoms with Crippen LogP contribution in [0.2, 0.25) is 5.02 Å². The lowest BCUT2D eigenvalue weighted by Gasteiger charge is -2.15. The second-order valence-corrected chi connectivity index (χ2v) is 6.17. The van der Waals surface area contributed by atoms with E-state index in [4.69, 9.17) is 21.1 Å². The van der Waals surface area contributed by atoms with Crippen molar-refractivity contribution in [2.24, 2.45) is 4.99 Å². The molecule has 5 nitrogen and oxygen atoms in total. The van der Waals surface area contributed by atoms with E-state index in [1.54, 1.807) is 19.2 Å². The first-order valence-electron chi connectivity index (χ1n) is 8.37. The highest BCUT2D eigenvalue weighted by atomic mass is 127. The second kappa shape index (κ2) is 12.0. The van der Waals surface area contributed by atoms with Crippen LogP contribution in [-0.2, 0) is 13.1 Å². The molecule has 0 atom stereocenters. The van der Waals surface area contributed by atoms with Gasteiger partial charge in [-0.2, -0.15) is 13.2 Å². The Morgan fingerprint density at radius 1 is 1.07 bits per heavy atom. The molecule has 0 spiro atoms. The number of hydrogen-bond donors (Lipinski definition) is 2. The van der Waals surface area contributed by atoms with Gasteiger partial charge < -0.3 is 20.1 Å². The average molecular weight is 544 g/mol. The Bertz CT molecular complexity index is 820. The summed E-state index contributed by atoms with van der Waals surface area (Å²) in [5.41, 5.74) is 1.72. The van der Waals surface area contributed by atoms with Gasteiger partial charge in [0.05, 0.1) is 7.11 Å². The number of ether oxygens (including phenoxy) is 2. The maximum atomic E-state index is 12.3. The molecule has 10 heteroatoms. The highest BCUT2D eigenvalue weighted by Gasteiger charge is 2.29. The maximum absolute atomic E-state index is 12.3. The molecule has 0 aromatic heterocycles. The Labute approximate surface area is 189 Å². The Kier molecular flexibility index (Phi) is 10.4. The summed E-state index contributed by atoms with van der Waals surface area (Å²) in [6.07, 6.45) is -4.41. The number of rotatable bonds is 7. The molecule has 0 amide bonds. The number of alkyl halides is 3. The zero-order valence-corrected chi connectivity index (χ0v) is 18.9. The monoisotopic (exact) mass is 543 g/mol. The van der Waals surface area contributed by atoms with Gasteiger partial charge in [-0.3, -0.25) is 4.99 Å². The standard InChI is InChI=1S/C19H21ClF3N3O2.HI/c1-24-18(26-11-14-5-3-4-6-15(14)20)25-10-13-7-8-16(17(9-13)27-2)28-12-19(21,22)23;/h3-9H,10-12H2,1-2H3,(H2,24,25,26);1H. The second-order valence-electron chi connectivity index (χ2n) is 5.76. The van der Waals surface area contributed by atoms with Crippen LogP contribution >= 0.6 is 35.6 Å². The van der Waals surface area contributed by atoms with Crippen molar-refractivity contribution in [2.75, 3.05) is 20.8 Å². The third kappa shape index (κ3) is 8.57. The lowest BCUT2D eigenvalue weighted by Crippen LogP contribution is -2.36. The molecule has 0 saturated heterocycles. The minimum absolute atomic E-state index is 0. The Morgan fingerprint density at radius 2 is 1.76 bits per heavy atom. The Balaban J connectivity index is 0.00000420. The van der Waals surface area contributed by atoms with E-state index in [9.17, 15) is 13.2 Å². The van der Waals surface area contributed by atoms with Gasteiger partial charge in [0.1, 0.15) is 0 Å². The van der Waals surface area contributed by atoms with Crippen molar-refractivity contribution in [3.05, 3.63) is 58.6 Å². The summed E-state index contributed by atoms with van der Waals surface area (Å²) >= 11 is 6.13. The Hall–Kier alpha value is -1.88. The van der Waals surface area contributed by atoms with E-state index in [0.29, 0.717) is 24.1 Å². The van der Waals surface area contributed by atoms with Crippen LogP contribution in [0.1, 0.15) is 11.1 Å². The van der Waals surface area contributed by atoms with Crippen LogP contribution in [0.5, 0.6) is 11.5 Å². The molecule has 2 N–H and O–H groups in total. The number of guanidine groups is 1.